The summed E-state index contributed by atoms with van der Waals surface area (Å²) in [5.74, 6) is -1.14. The van der Waals surface area contributed by atoms with Crippen molar-refractivity contribution in [1.29, 1.82) is 0 Å². The maximum atomic E-state index is 13.9. The van der Waals surface area contributed by atoms with Crippen molar-refractivity contribution in [3.05, 3.63) is 59.9 Å². The summed E-state index contributed by atoms with van der Waals surface area (Å²) in [4.78, 5) is 30.0. The monoisotopic (exact) mass is 339 g/mol. The van der Waals surface area contributed by atoms with Crippen LogP contribution in [0.2, 0.25) is 0 Å². The third-order valence-electron chi connectivity index (χ3n) is 4.79. The highest BCUT2D eigenvalue weighted by molar-refractivity contribution is 6.52. The maximum absolute atomic E-state index is 13.9. The zero-order chi connectivity index (χ0) is 17.4. The van der Waals surface area contributed by atoms with Crippen LogP contribution in [0.5, 0.6) is 0 Å². The van der Waals surface area contributed by atoms with E-state index in [2.05, 4.69) is 4.90 Å². The van der Waals surface area contributed by atoms with Gasteiger partial charge >= 0.3 is 5.91 Å². The van der Waals surface area contributed by atoms with Crippen LogP contribution in [0.25, 0.3) is 0 Å². The predicted molar refractivity (Wildman–Crippen MR) is 93.3 cm³/mol. The number of ketones is 1. The van der Waals surface area contributed by atoms with Crippen molar-refractivity contribution in [2.75, 3.05) is 42.6 Å². The summed E-state index contributed by atoms with van der Waals surface area (Å²) in [5, 5.41) is 0. The van der Waals surface area contributed by atoms with Gasteiger partial charge in [0.2, 0.25) is 0 Å². The molecule has 0 aromatic heterocycles. The molecule has 5 nitrogen and oxygen atoms in total. The highest BCUT2D eigenvalue weighted by atomic mass is 19.1. The molecule has 2 aromatic carbocycles. The van der Waals surface area contributed by atoms with E-state index in [4.69, 9.17) is 0 Å². The first kappa shape index (κ1) is 15.8. The standard InChI is InChI=1S/C19H18FN3O2/c20-15-6-2-4-8-17(15)22-11-9-21(10-12-22)13-23-16-7-3-1-5-14(16)18(24)19(23)25/h1-8H,9-13H2. The topological polar surface area (TPSA) is 43.9 Å². The van der Waals surface area contributed by atoms with E-state index in [1.54, 1.807) is 30.3 Å². The summed E-state index contributed by atoms with van der Waals surface area (Å²) < 4.78 is 13.9. The normalized spacial score (nSPS) is 18.0. The molecule has 2 aromatic rings. The second-order valence-corrected chi connectivity index (χ2v) is 6.28. The van der Waals surface area contributed by atoms with Crippen LogP contribution in [0.1, 0.15) is 10.4 Å². The third-order valence-corrected chi connectivity index (χ3v) is 4.79. The summed E-state index contributed by atoms with van der Waals surface area (Å²) in [5.41, 5.74) is 1.76. The number of Topliss-reactive ketones (excluding diaryl/α,β-unsaturated/α-hetero) is 1. The van der Waals surface area contributed by atoms with Crippen LogP contribution in [0.15, 0.2) is 48.5 Å². The molecule has 25 heavy (non-hydrogen) atoms. The van der Waals surface area contributed by atoms with Gasteiger partial charge in [-0.05, 0) is 24.3 Å². The number of benzene rings is 2. The first-order chi connectivity index (χ1) is 12.1. The third kappa shape index (κ3) is 2.78. The molecule has 2 aliphatic heterocycles. The number of anilines is 2. The van der Waals surface area contributed by atoms with Crippen LogP contribution in [0.4, 0.5) is 15.8 Å². The molecule has 0 saturated carbocycles. The lowest BCUT2D eigenvalue weighted by Crippen LogP contribution is -2.51. The minimum absolute atomic E-state index is 0.217. The van der Waals surface area contributed by atoms with Gasteiger partial charge in [-0.2, -0.15) is 0 Å². The van der Waals surface area contributed by atoms with Crippen molar-refractivity contribution in [1.82, 2.24) is 4.90 Å². The molecule has 0 unspecified atom stereocenters. The van der Waals surface area contributed by atoms with Gasteiger partial charge in [-0.3, -0.25) is 19.4 Å². The van der Waals surface area contributed by atoms with Crippen LogP contribution in [0.3, 0.4) is 0 Å². The van der Waals surface area contributed by atoms with Crippen molar-refractivity contribution in [2.45, 2.75) is 0 Å². The number of piperazine rings is 1. The Morgan fingerprint density at radius 2 is 1.48 bits per heavy atom. The van der Waals surface area contributed by atoms with Gasteiger partial charge in [-0.15, -0.1) is 0 Å². The fraction of sp³-hybridized carbons (Fsp3) is 0.263. The molecule has 0 atom stereocenters. The van der Waals surface area contributed by atoms with Gasteiger partial charge in [0.15, 0.2) is 0 Å². The number of para-hydroxylation sites is 2. The molecule has 2 heterocycles. The van der Waals surface area contributed by atoms with E-state index in [1.165, 1.54) is 11.0 Å². The molecule has 1 amide bonds. The molecule has 0 spiro atoms. The minimum Gasteiger partial charge on any atom is -0.367 e. The number of hydrogen-bond acceptors (Lipinski definition) is 4. The minimum atomic E-state index is -0.474. The molecule has 2 aliphatic rings. The van der Waals surface area contributed by atoms with Gasteiger partial charge in [-0.1, -0.05) is 24.3 Å². The van der Waals surface area contributed by atoms with Gasteiger partial charge in [0, 0.05) is 26.2 Å². The number of rotatable bonds is 3. The van der Waals surface area contributed by atoms with Crippen LogP contribution < -0.4 is 9.80 Å². The van der Waals surface area contributed by atoms with Crippen molar-refractivity contribution in [2.24, 2.45) is 0 Å². The number of amides is 1. The van der Waals surface area contributed by atoms with Gasteiger partial charge in [-0.25, -0.2) is 4.39 Å². The summed E-state index contributed by atoms with van der Waals surface area (Å²) >= 11 is 0. The Balaban J connectivity index is 1.44. The molecule has 0 N–H and O–H groups in total. The van der Waals surface area contributed by atoms with Crippen molar-refractivity contribution >= 4 is 23.1 Å². The second-order valence-electron chi connectivity index (χ2n) is 6.28. The Morgan fingerprint density at radius 3 is 2.20 bits per heavy atom. The highest BCUT2D eigenvalue weighted by Gasteiger charge is 2.36. The average molecular weight is 339 g/mol. The molecule has 0 aliphatic carbocycles. The molecular formula is C19H18FN3O2. The Bertz CT molecular complexity index is 831. The molecule has 0 bridgehead atoms. The molecule has 1 saturated heterocycles. The first-order valence-corrected chi connectivity index (χ1v) is 8.32. The Labute approximate surface area is 145 Å². The number of nitrogens with zero attached hydrogens (tertiary/aromatic N) is 3. The average Bonchev–Trinajstić information content (AvgIpc) is 2.88. The zero-order valence-corrected chi connectivity index (χ0v) is 13.7. The molecule has 128 valence electrons. The van der Waals surface area contributed by atoms with Crippen LogP contribution in [0, 0.1) is 5.82 Å². The number of carbonyl (C=O) groups excluding carboxylic acids is 2. The van der Waals surface area contributed by atoms with E-state index in [9.17, 15) is 14.0 Å². The van der Waals surface area contributed by atoms with Gasteiger partial charge in [0.1, 0.15) is 5.82 Å². The molecule has 6 heteroatoms. The van der Waals surface area contributed by atoms with E-state index in [0.717, 1.165) is 0 Å². The van der Waals surface area contributed by atoms with E-state index < -0.39 is 11.7 Å². The molecule has 0 radical (unpaired) electrons. The predicted octanol–water partition coefficient (Wildman–Crippen LogP) is 2.13. The lowest BCUT2D eigenvalue weighted by molar-refractivity contribution is -0.114. The second kappa shape index (κ2) is 6.29. The lowest BCUT2D eigenvalue weighted by atomic mass is 10.1. The maximum Gasteiger partial charge on any atom is 0.300 e. The smallest absolute Gasteiger partial charge is 0.300 e. The number of fused-ring (bicyclic) bond motifs is 1. The summed E-state index contributed by atoms with van der Waals surface area (Å²) in [6.45, 7) is 3.15. The summed E-state index contributed by atoms with van der Waals surface area (Å²) in [7, 11) is 0. The van der Waals surface area contributed by atoms with Gasteiger partial charge < -0.3 is 4.90 Å². The van der Waals surface area contributed by atoms with Gasteiger partial charge in [0.25, 0.3) is 5.78 Å². The molecular weight excluding hydrogens is 321 g/mol. The summed E-state index contributed by atoms with van der Waals surface area (Å²) in [6.07, 6.45) is 0. The Hall–Kier alpha value is -2.73. The van der Waals surface area contributed by atoms with E-state index in [0.29, 0.717) is 49.8 Å². The van der Waals surface area contributed by atoms with Crippen LogP contribution in [-0.4, -0.2) is 49.4 Å². The van der Waals surface area contributed by atoms with E-state index in [1.807, 2.05) is 17.0 Å². The van der Waals surface area contributed by atoms with E-state index >= 15 is 0 Å². The largest absolute Gasteiger partial charge is 0.367 e. The SMILES string of the molecule is O=C1C(=O)N(CN2CCN(c3ccccc3F)CC2)c2ccccc21. The fourth-order valence-electron chi connectivity index (χ4n) is 3.43. The fourth-order valence-corrected chi connectivity index (χ4v) is 3.43. The van der Waals surface area contributed by atoms with Crippen LogP contribution >= 0.6 is 0 Å². The van der Waals surface area contributed by atoms with Crippen LogP contribution in [-0.2, 0) is 4.79 Å². The number of hydrogen-bond donors (Lipinski definition) is 0. The number of carbonyl (C=O) groups is 2. The lowest BCUT2D eigenvalue weighted by Gasteiger charge is -2.37. The Morgan fingerprint density at radius 1 is 0.840 bits per heavy atom. The van der Waals surface area contributed by atoms with E-state index in [-0.39, 0.29) is 5.82 Å². The van der Waals surface area contributed by atoms with Crippen molar-refractivity contribution in [3.8, 4) is 0 Å². The van der Waals surface area contributed by atoms with Gasteiger partial charge in [0.05, 0.1) is 23.6 Å². The number of halogens is 1. The van der Waals surface area contributed by atoms with Crippen molar-refractivity contribution < 1.29 is 14.0 Å². The zero-order valence-electron chi connectivity index (χ0n) is 13.7. The molecule has 4 rings (SSSR count). The summed E-state index contributed by atoms with van der Waals surface area (Å²) in [6, 6.07) is 13.8. The first-order valence-electron chi connectivity index (χ1n) is 8.32. The molecule has 1 fully saturated rings. The van der Waals surface area contributed by atoms with Crippen molar-refractivity contribution in [3.63, 3.8) is 0 Å². The quantitative estimate of drug-likeness (QED) is 0.804. The Kier molecular flexibility index (Phi) is 3.97. The highest BCUT2D eigenvalue weighted by Crippen LogP contribution is 2.29.